The fourth-order valence-corrected chi connectivity index (χ4v) is 2.88. The zero-order valence-electron chi connectivity index (χ0n) is 12.0. The summed E-state index contributed by atoms with van der Waals surface area (Å²) in [5, 5.41) is 1.20. The zero-order valence-corrected chi connectivity index (χ0v) is 13.5. The van der Waals surface area contributed by atoms with E-state index in [0.717, 1.165) is 23.1 Å². The van der Waals surface area contributed by atoms with Gasteiger partial charge in [0.25, 0.3) is 0 Å². The third kappa shape index (κ3) is 3.17. The Morgan fingerprint density at radius 3 is 2.71 bits per heavy atom. The van der Waals surface area contributed by atoms with Crippen LogP contribution in [0.4, 0.5) is 0 Å². The number of pyridine rings is 1. The van der Waals surface area contributed by atoms with E-state index in [1.54, 1.807) is 0 Å². The molecule has 0 aliphatic carbocycles. The topological polar surface area (TPSA) is 43.8 Å². The fourth-order valence-electron chi connectivity index (χ4n) is 2.61. The smallest absolute Gasteiger partial charge is 0.140 e. The van der Waals surface area contributed by atoms with Crippen LogP contribution in [0.2, 0.25) is 0 Å². The predicted octanol–water partition coefficient (Wildman–Crippen LogP) is 3.74. The second kappa shape index (κ2) is 6.00. The molecule has 2 N–H and O–H groups in total. The highest BCUT2D eigenvalue weighted by atomic mass is 79.9. The van der Waals surface area contributed by atoms with Gasteiger partial charge in [-0.3, -0.25) is 0 Å². The van der Waals surface area contributed by atoms with Gasteiger partial charge in [-0.15, -0.1) is 0 Å². The molecule has 108 valence electrons. The Hall–Kier alpha value is -1.65. The molecule has 1 atom stereocenters. The normalized spacial score (nSPS) is 12.7. The summed E-state index contributed by atoms with van der Waals surface area (Å²) in [7, 11) is 0. The lowest BCUT2D eigenvalue weighted by Gasteiger charge is -2.05. The third-order valence-electron chi connectivity index (χ3n) is 3.52. The monoisotopic (exact) mass is 343 g/mol. The lowest BCUT2D eigenvalue weighted by Crippen LogP contribution is -2.17. The van der Waals surface area contributed by atoms with Crippen molar-refractivity contribution in [1.82, 2.24) is 9.55 Å². The van der Waals surface area contributed by atoms with Crippen molar-refractivity contribution >= 4 is 27.0 Å². The van der Waals surface area contributed by atoms with E-state index in [1.807, 2.05) is 19.2 Å². The Labute approximate surface area is 132 Å². The molecule has 0 saturated heterocycles. The lowest BCUT2D eigenvalue weighted by atomic mass is 10.1. The average molecular weight is 344 g/mol. The van der Waals surface area contributed by atoms with Crippen LogP contribution in [0.25, 0.3) is 11.0 Å². The van der Waals surface area contributed by atoms with E-state index in [-0.39, 0.29) is 6.04 Å². The van der Waals surface area contributed by atoms with Crippen molar-refractivity contribution in [3.05, 3.63) is 64.4 Å². The van der Waals surface area contributed by atoms with E-state index in [0.29, 0.717) is 0 Å². The average Bonchev–Trinajstić information content (AvgIpc) is 2.79. The molecule has 0 saturated carbocycles. The Morgan fingerprint density at radius 2 is 2.00 bits per heavy atom. The van der Waals surface area contributed by atoms with Crippen LogP contribution in [-0.2, 0) is 13.0 Å². The number of fused-ring (bicyclic) bond motifs is 1. The number of nitrogens with two attached hydrogens (primary N) is 1. The Balaban J connectivity index is 2.00. The third-order valence-corrected chi connectivity index (χ3v) is 4.05. The first-order valence-electron chi connectivity index (χ1n) is 7.06. The highest BCUT2D eigenvalue weighted by Crippen LogP contribution is 2.22. The number of nitrogens with zero attached hydrogens (tertiary/aromatic N) is 2. The van der Waals surface area contributed by atoms with Gasteiger partial charge in [-0.25, -0.2) is 4.98 Å². The molecule has 3 aromatic rings. The van der Waals surface area contributed by atoms with Gasteiger partial charge < -0.3 is 10.3 Å². The second-order valence-electron chi connectivity index (χ2n) is 5.46. The number of rotatable bonds is 4. The number of benzene rings is 1. The molecule has 3 rings (SSSR count). The van der Waals surface area contributed by atoms with Gasteiger partial charge in [-0.2, -0.15) is 0 Å². The summed E-state index contributed by atoms with van der Waals surface area (Å²) < 4.78 is 3.30. The molecule has 1 aromatic carbocycles. The molecule has 3 nitrogen and oxygen atoms in total. The van der Waals surface area contributed by atoms with Crippen LogP contribution in [0.15, 0.2) is 53.3 Å². The van der Waals surface area contributed by atoms with E-state index in [4.69, 9.17) is 5.73 Å². The maximum absolute atomic E-state index is 5.96. The molecule has 0 aliphatic rings. The van der Waals surface area contributed by atoms with Gasteiger partial charge in [0.2, 0.25) is 0 Å². The minimum atomic E-state index is 0.150. The van der Waals surface area contributed by atoms with Crippen LogP contribution < -0.4 is 5.73 Å². The first kappa shape index (κ1) is 14.3. The van der Waals surface area contributed by atoms with Crippen molar-refractivity contribution in [2.45, 2.75) is 25.9 Å². The fraction of sp³-hybridized carbons (Fsp3) is 0.235. The molecule has 21 heavy (non-hydrogen) atoms. The molecular weight excluding hydrogens is 326 g/mol. The SMILES string of the molecule is CC(N)Cc1cn(Cc2ccc(Br)cc2)c2ncccc12. The van der Waals surface area contributed by atoms with Crippen molar-refractivity contribution in [2.75, 3.05) is 0 Å². The quantitative estimate of drug-likeness (QED) is 0.784. The summed E-state index contributed by atoms with van der Waals surface area (Å²) >= 11 is 3.47. The van der Waals surface area contributed by atoms with Crippen LogP contribution >= 0.6 is 15.9 Å². The molecule has 0 amide bonds. The summed E-state index contributed by atoms with van der Waals surface area (Å²) in [5.41, 5.74) is 9.51. The minimum absolute atomic E-state index is 0.150. The number of halogens is 1. The van der Waals surface area contributed by atoms with Crippen LogP contribution in [0, 0.1) is 0 Å². The van der Waals surface area contributed by atoms with Crippen molar-refractivity contribution in [3.8, 4) is 0 Å². The number of hydrogen-bond donors (Lipinski definition) is 1. The minimum Gasteiger partial charge on any atom is -0.328 e. The van der Waals surface area contributed by atoms with Gasteiger partial charge in [0.1, 0.15) is 5.65 Å². The van der Waals surface area contributed by atoms with Gasteiger partial charge in [0, 0.05) is 34.8 Å². The molecule has 1 unspecified atom stereocenters. The van der Waals surface area contributed by atoms with E-state index >= 15 is 0 Å². The van der Waals surface area contributed by atoms with Crippen LogP contribution in [0.5, 0.6) is 0 Å². The Bertz CT molecular complexity index is 744. The van der Waals surface area contributed by atoms with Gasteiger partial charge in [-0.05, 0) is 48.7 Å². The summed E-state index contributed by atoms with van der Waals surface area (Å²) in [4.78, 5) is 4.54. The summed E-state index contributed by atoms with van der Waals surface area (Å²) in [5.74, 6) is 0. The van der Waals surface area contributed by atoms with Gasteiger partial charge >= 0.3 is 0 Å². The van der Waals surface area contributed by atoms with Gasteiger partial charge in [-0.1, -0.05) is 28.1 Å². The number of aromatic nitrogens is 2. The molecule has 2 heterocycles. The molecule has 2 aromatic heterocycles. The highest BCUT2D eigenvalue weighted by Gasteiger charge is 2.11. The van der Waals surface area contributed by atoms with Crippen LogP contribution in [-0.4, -0.2) is 15.6 Å². The van der Waals surface area contributed by atoms with Crippen molar-refractivity contribution in [2.24, 2.45) is 5.73 Å². The molecular formula is C17H18BrN3. The maximum atomic E-state index is 5.96. The maximum Gasteiger partial charge on any atom is 0.140 e. The first-order valence-corrected chi connectivity index (χ1v) is 7.85. The molecule has 0 spiro atoms. The van der Waals surface area contributed by atoms with Crippen LogP contribution in [0.3, 0.4) is 0 Å². The first-order chi connectivity index (χ1) is 10.1. The highest BCUT2D eigenvalue weighted by molar-refractivity contribution is 9.10. The van der Waals surface area contributed by atoms with Crippen molar-refractivity contribution in [1.29, 1.82) is 0 Å². The Morgan fingerprint density at radius 1 is 1.24 bits per heavy atom. The van der Waals surface area contributed by atoms with E-state index in [1.165, 1.54) is 16.5 Å². The standard InChI is InChI=1S/C17H18BrN3/c1-12(19)9-14-11-21(17-16(14)3-2-8-20-17)10-13-4-6-15(18)7-5-13/h2-8,11-12H,9-10,19H2,1H3. The molecule has 0 aliphatic heterocycles. The number of hydrogen-bond acceptors (Lipinski definition) is 2. The van der Waals surface area contributed by atoms with E-state index in [9.17, 15) is 0 Å². The van der Waals surface area contributed by atoms with Gasteiger partial charge in [0.15, 0.2) is 0 Å². The molecule has 0 fully saturated rings. The summed E-state index contributed by atoms with van der Waals surface area (Å²) in [6.07, 6.45) is 4.90. The predicted molar refractivity (Wildman–Crippen MR) is 90.3 cm³/mol. The second-order valence-corrected chi connectivity index (χ2v) is 6.38. The lowest BCUT2D eigenvalue weighted by molar-refractivity contribution is 0.734. The summed E-state index contributed by atoms with van der Waals surface area (Å²) in [6, 6.07) is 12.6. The molecule has 0 radical (unpaired) electrons. The summed E-state index contributed by atoms with van der Waals surface area (Å²) in [6.45, 7) is 2.86. The Kier molecular flexibility index (Phi) is 4.08. The van der Waals surface area contributed by atoms with Crippen molar-refractivity contribution in [3.63, 3.8) is 0 Å². The van der Waals surface area contributed by atoms with Crippen LogP contribution in [0.1, 0.15) is 18.1 Å². The van der Waals surface area contributed by atoms with E-state index < -0.39 is 0 Å². The van der Waals surface area contributed by atoms with Crippen molar-refractivity contribution < 1.29 is 0 Å². The molecule has 0 bridgehead atoms. The van der Waals surface area contributed by atoms with E-state index in [2.05, 4.69) is 62.0 Å². The zero-order chi connectivity index (χ0) is 14.8. The van der Waals surface area contributed by atoms with Gasteiger partial charge in [0.05, 0.1) is 0 Å². The molecule has 4 heteroatoms. The largest absolute Gasteiger partial charge is 0.328 e.